The van der Waals surface area contributed by atoms with Crippen LogP contribution in [-0.2, 0) is 69.0 Å². The van der Waals surface area contributed by atoms with Crippen LogP contribution in [-0.4, -0.2) is 88.7 Å². The standard InChI is InChI=1S/C40H46O12S2/c1-44-32-15-9-28(10-16-32)21-47-25-38-39(49-23-30-13-19-34(46-3)20-14-30)37(48-22-29-11-17-33(45-2)18-12-29)27-53(38)26-36-35(52-54(41,42)43)24-50-40(51-36)31-7-5-4-6-8-31/h4-20,35-40H,21-27H2,1-3H3/p+1/t35?,36-,37-,38-,39?,40?,53?/m1/s1. The molecule has 0 radical (unpaired) electrons. The fraction of sp³-hybridized carbons (Fsp3) is 0.400. The monoisotopic (exact) mass is 783 g/mol. The summed E-state index contributed by atoms with van der Waals surface area (Å²) in [6.07, 6.45) is -3.31. The smallest absolute Gasteiger partial charge is 0.397 e. The second kappa shape index (κ2) is 19.2. The third-order valence-corrected chi connectivity index (χ3v) is 12.6. The van der Waals surface area contributed by atoms with Gasteiger partial charge in [0.15, 0.2) is 11.5 Å². The summed E-state index contributed by atoms with van der Waals surface area (Å²) >= 11 is 0. The van der Waals surface area contributed by atoms with Gasteiger partial charge >= 0.3 is 10.4 Å². The van der Waals surface area contributed by atoms with Crippen molar-refractivity contribution in [2.75, 3.05) is 46.0 Å². The molecule has 4 unspecified atom stereocenters. The van der Waals surface area contributed by atoms with E-state index in [0.717, 1.165) is 39.5 Å². The molecule has 0 spiro atoms. The van der Waals surface area contributed by atoms with Gasteiger partial charge in [-0.3, -0.25) is 4.55 Å². The molecule has 2 aliphatic heterocycles. The van der Waals surface area contributed by atoms with Crippen LogP contribution in [0.3, 0.4) is 0 Å². The first-order valence-electron chi connectivity index (χ1n) is 17.5. The van der Waals surface area contributed by atoms with Crippen LogP contribution in [0.15, 0.2) is 103 Å². The summed E-state index contributed by atoms with van der Waals surface area (Å²) in [6.45, 7) is 1.25. The van der Waals surface area contributed by atoms with E-state index < -0.39 is 45.9 Å². The van der Waals surface area contributed by atoms with Gasteiger partial charge in [-0.25, -0.2) is 4.18 Å². The van der Waals surface area contributed by atoms with Crippen LogP contribution < -0.4 is 14.2 Å². The van der Waals surface area contributed by atoms with E-state index in [1.807, 2.05) is 103 Å². The number of methoxy groups -OCH3 is 3. The van der Waals surface area contributed by atoms with E-state index in [-0.39, 0.29) is 18.0 Å². The minimum absolute atomic E-state index is 0.103. The number of rotatable bonds is 18. The molecule has 0 aliphatic carbocycles. The Morgan fingerprint density at radius 3 is 1.78 bits per heavy atom. The van der Waals surface area contributed by atoms with Crippen LogP contribution in [0.1, 0.15) is 28.5 Å². The van der Waals surface area contributed by atoms with Crippen molar-refractivity contribution in [3.63, 3.8) is 0 Å². The van der Waals surface area contributed by atoms with E-state index in [1.54, 1.807) is 21.3 Å². The maximum atomic E-state index is 12.0. The van der Waals surface area contributed by atoms with Gasteiger partial charge in [-0.2, -0.15) is 8.42 Å². The summed E-state index contributed by atoms with van der Waals surface area (Å²) in [5.41, 5.74) is 3.71. The largest absolute Gasteiger partial charge is 0.497 e. The van der Waals surface area contributed by atoms with Crippen molar-refractivity contribution < 1.29 is 55.0 Å². The van der Waals surface area contributed by atoms with Gasteiger partial charge in [0, 0.05) is 16.5 Å². The van der Waals surface area contributed by atoms with Crippen LogP contribution >= 0.6 is 0 Å². The highest BCUT2D eigenvalue weighted by atomic mass is 32.3. The van der Waals surface area contributed by atoms with Crippen molar-refractivity contribution in [3.8, 4) is 17.2 Å². The predicted octanol–water partition coefficient (Wildman–Crippen LogP) is 5.70. The molecule has 2 aliphatic rings. The lowest BCUT2D eigenvalue weighted by Gasteiger charge is -2.35. The van der Waals surface area contributed by atoms with Crippen molar-refractivity contribution in [2.45, 2.75) is 55.8 Å². The molecule has 12 nitrogen and oxygen atoms in total. The van der Waals surface area contributed by atoms with Crippen LogP contribution in [0.25, 0.3) is 0 Å². The molecule has 4 aromatic rings. The molecule has 14 heteroatoms. The first-order chi connectivity index (χ1) is 26.2. The van der Waals surface area contributed by atoms with Gasteiger partial charge < -0.3 is 37.9 Å². The average molecular weight is 784 g/mol. The molecule has 0 amide bonds. The summed E-state index contributed by atoms with van der Waals surface area (Å²) in [6, 6.07) is 32.6. The molecular formula is C40H47O12S2+. The van der Waals surface area contributed by atoms with Crippen LogP contribution in [0.4, 0.5) is 0 Å². The third-order valence-electron chi connectivity index (χ3n) is 9.29. The molecule has 54 heavy (non-hydrogen) atoms. The third kappa shape index (κ3) is 11.2. The Morgan fingerprint density at radius 1 is 0.704 bits per heavy atom. The molecular weight excluding hydrogens is 737 g/mol. The lowest BCUT2D eigenvalue weighted by Crippen LogP contribution is -2.48. The molecule has 1 N–H and O–H groups in total. The van der Waals surface area contributed by atoms with E-state index in [9.17, 15) is 13.0 Å². The highest BCUT2D eigenvalue weighted by Crippen LogP contribution is 2.35. The van der Waals surface area contributed by atoms with Crippen LogP contribution in [0, 0.1) is 0 Å². The first-order valence-corrected chi connectivity index (χ1v) is 20.5. The lowest BCUT2D eigenvalue weighted by atomic mass is 10.1. The molecule has 0 aromatic heterocycles. The highest BCUT2D eigenvalue weighted by molar-refractivity contribution is 7.97. The zero-order valence-electron chi connectivity index (χ0n) is 30.5. The number of ether oxygens (including phenoxy) is 8. The molecule has 290 valence electrons. The Balaban J connectivity index is 1.27. The maximum Gasteiger partial charge on any atom is 0.397 e. The summed E-state index contributed by atoms with van der Waals surface area (Å²) in [5.74, 6) is 3.23. The zero-order chi connectivity index (χ0) is 37.9. The van der Waals surface area contributed by atoms with Gasteiger partial charge in [0.05, 0.1) is 54.4 Å². The molecule has 2 heterocycles. The summed E-state index contributed by atoms with van der Waals surface area (Å²) in [4.78, 5) is 0. The number of hydrogen-bond donors (Lipinski definition) is 1. The summed E-state index contributed by atoms with van der Waals surface area (Å²) < 4.78 is 87.0. The fourth-order valence-corrected chi connectivity index (χ4v) is 9.88. The van der Waals surface area contributed by atoms with E-state index >= 15 is 0 Å². The van der Waals surface area contributed by atoms with Crippen molar-refractivity contribution in [1.29, 1.82) is 0 Å². The van der Waals surface area contributed by atoms with Gasteiger partial charge in [0.2, 0.25) is 0 Å². The lowest BCUT2D eigenvalue weighted by molar-refractivity contribution is -0.245. The molecule has 2 fully saturated rings. The van der Waals surface area contributed by atoms with Gasteiger partial charge in [-0.1, -0.05) is 66.7 Å². The van der Waals surface area contributed by atoms with Gasteiger partial charge in [0.25, 0.3) is 0 Å². The molecule has 4 aromatic carbocycles. The van der Waals surface area contributed by atoms with Crippen molar-refractivity contribution in [3.05, 3.63) is 125 Å². The van der Waals surface area contributed by atoms with E-state index in [2.05, 4.69) is 0 Å². The van der Waals surface area contributed by atoms with Crippen molar-refractivity contribution in [2.24, 2.45) is 0 Å². The predicted molar refractivity (Wildman–Crippen MR) is 203 cm³/mol. The number of benzene rings is 4. The van der Waals surface area contributed by atoms with Gasteiger partial charge in [0.1, 0.15) is 53.2 Å². The van der Waals surface area contributed by atoms with Crippen LogP contribution in [0.5, 0.6) is 17.2 Å². The minimum atomic E-state index is -4.80. The molecule has 7 atom stereocenters. The quantitative estimate of drug-likeness (QED) is 0.0979. The summed E-state index contributed by atoms with van der Waals surface area (Å²) in [7, 11) is -0.427. The van der Waals surface area contributed by atoms with Gasteiger partial charge in [-0.05, 0) is 53.1 Å². The molecule has 0 bridgehead atoms. The van der Waals surface area contributed by atoms with Crippen LogP contribution in [0.2, 0.25) is 0 Å². The topological polar surface area (TPSA) is 137 Å². The molecule has 6 rings (SSSR count). The average Bonchev–Trinajstić information content (AvgIpc) is 3.52. The maximum absolute atomic E-state index is 12.0. The Morgan fingerprint density at radius 2 is 1.24 bits per heavy atom. The van der Waals surface area contributed by atoms with E-state index in [4.69, 9.17) is 42.1 Å². The second-order valence-electron chi connectivity index (χ2n) is 12.9. The molecule has 0 saturated carbocycles. The minimum Gasteiger partial charge on any atom is -0.497 e. The number of hydrogen-bond acceptors (Lipinski definition) is 11. The Bertz CT molecular complexity index is 1830. The molecule has 2 saturated heterocycles. The Kier molecular flexibility index (Phi) is 14.2. The first kappa shape index (κ1) is 40.0. The van der Waals surface area contributed by atoms with Crippen molar-refractivity contribution >= 4 is 21.3 Å². The van der Waals surface area contributed by atoms with Crippen molar-refractivity contribution in [1.82, 2.24) is 0 Å². The SMILES string of the molecule is COc1ccc(COC[C@@H]2C(OCc3ccc(OC)cc3)[C@H](OCc3ccc(OC)cc3)C[S+]2C[C@H]2OC(c3ccccc3)OCC2OS(=O)(=O)O)cc1. The fourth-order valence-electron chi connectivity index (χ4n) is 6.42. The summed E-state index contributed by atoms with van der Waals surface area (Å²) in [5, 5.41) is -0.171. The normalized spacial score (nSPS) is 24.3. The Labute approximate surface area is 319 Å². The highest BCUT2D eigenvalue weighted by Gasteiger charge is 2.55. The van der Waals surface area contributed by atoms with E-state index in [1.165, 1.54) is 0 Å². The Hall–Kier alpha value is -3.70. The van der Waals surface area contributed by atoms with Gasteiger partial charge in [-0.15, -0.1) is 0 Å². The van der Waals surface area contributed by atoms with E-state index in [0.29, 0.717) is 37.9 Å². The second-order valence-corrected chi connectivity index (χ2v) is 16.3. The zero-order valence-corrected chi connectivity index (χ0v) is 32.1.